The first-order valence-corrected chi connectivity index (χ1v) is 6.25. The van der Waals surface area contributed by atoms with E-state index < -0.39 is 6.04 Å². The van der Waals surface area contributed by atoms with Crippen LogP contribution in [0, 0.1) is 0 Å². The standard InChI is InChI=1S/C11H19N5O2/c1-4-6-16-7-8(13-10(16)12-5-2)15(3)11(18)14-9(7)17/h7-8H,4-6H2,1-3H3,(H,12,13)(H,14,17,18). The number of nitrogens with zero attached hydrogens (tertiary/aromatic N) is 3. The fourth-order valence-corrected chi connectivity index (χ4v) is 2.36. The van der Waals surface area contributed by atoms with Crippen LogP contribution in [0.3, 0.4) is 0 Å². The molecule has 7 heteroatoms. The number of urea groups is 1. The number of guanidine groups is 1. The molecule has 2 rings (SSSR count). The summed E-state index contributed by atoms with van der Waals surface area (Å²) in [4.78, 5) is 31.3. The van der Waals surface area contributed by atoms with Gasteiger partial charge in [0.25, 0.3) is 5.91 Å². The van der Waals surface area contributed by atoms with Gasteiger partial charge < -0.3 is 15.1 Å². The third-order valence-electron chi connectivity index (χ3n) is 3.19. The van der Waals surface area contributed by atoms with Crippen LogP contribution < -0.4 is 10.6 Å². The minimum absolute atomic E-state index is 0.259. The van der Waals surface area contributed by atoms with Crippen LogP contribution in [0.4, 0.5) is 4.79 Å². The third kappa shape index (κ3) is 1.89. The SMILES string of the molecule is CCCN1C(=NCC)NC2C1C(=O)NC(=O)N2C. The molecule has 0 aromatic rings. The average molecular weight is 253 g/mol. The van der Waals surface area contributed by atoms with Crippen LogP contribution in [0.25, 0.3) is 0 Å². The lowest BCUT2D eigenvalue weighted by atomic mass is 10.1. The highest BCUT2D eigenvalue weighted by molar-refractivity contribution is 6.04. The molecule has 2 atom stereocenters. The Morgan fingerprint density at radius 1 is 1.33 bits per heavy atom. The summed E-state index contributed by atoms with van der Waals surface area (Å²) in [6, 6.07) is -0.763. The predicted molar refractivity (Wildman–Crippen MR) is 67.0 cm³/mol. The van der Waals surface area contributed by atoms with Crippen molar-refractivity contribution in [3.8, 4) is 0 Å². The second kappa shape index (κ2) is 4.83. The fourth-order valence-electron chi connectivity index (χ4n) is 2.36. The van der Waals surface area contributed by atoms with Gasteiger partial charge in [0.05, 0.1) is 0 Å². The molecule has 2 N–H and O–H groups in total. The second-order valence-electron chi connectivity index (χ2n) is 4.43. The molecule has 2 unspecified atom stereocenters. The molecule has 0 spiro atoms. The van der Waals surface area contributed by atoms with E-state index in [0.29, 0.717) is 12.5 Å². The molecule has 18 heavy (non-hydrogen) atoms. The molecule has 7 nitrogen and oxygen atoms in total. The summed E-state index contributed by atoms with van der Waals surface area (Å²) in [5.41, 5.74) is 0. The summed E-state index contributed by atoms with van der Waals surface area (Å²) >= 11 is 0. The monoisotopic (exact) mass is 253 g/mol. The van der Waals surface area contributed by atoms with Gasteiger partial charge in [0.2, 0.25) is 0 Å². The molecule has 2 aliphatic rings. The van der Waals surface area contributed by atoms with E-state index in [2.05, 4.69) is 15.6 Å². The minimum Gasteiger partial charge on any atom is -0.334 e. The van der Waals surface area contributed by atoms with Gasteiger partial charge in [0, 0.05) is 20.1 Å². The summed E-state index contributed by atoms with van der Waals surface area (Å²) in [5.74, 6) is 0.441. The Labute approximate surface area is 106 Å². The molecule has 0 aliphatic carbocycles. The van der Waals surface area contributed by atoms with Gasteiger partial charge >= 0.3 is 6.03 Å². The van der Waals surface area contributed by atoms with Crippen molar-refractivity contribution in [1.82, 2.24) is 20.4 Å². The molecule has 2 saturated heterocycles. The van der Waals surface area contributed by atoms with E-state index in [1.807, 2.05) is 18.7 Å². The number of carbonyl (C=O) groups is 2. The van der Waals surface area contributed by atoms with Gasteiger partial charge in [-0.05, 0) is 13.3 Å². The molecule has 0 bridgehead atoms. The van der Waals surface area contributed by atoms with Gasteiger partial charge in [0.1, 0.15) is 6.17 Å². The van der Waals surface area contributed by atoms with Crippen LogP contribution in [0.2, 0.25) is 0 Å². The Kier molecular flexibility index (Phi) is 3.40. The van der Waals surface area contributed by atoms with E-state index in [4.69, 9.17) is 0 Å². The Balaban J connectivity index is 2.31. The van der Waals surface area contributed by atoms with Crippen LogP contribution in [0.1, 0.15) is 20.3 Å². The van der Waals surface area contributed by atoms with Crippen molar-refractivity contribution < 1.29 is 9.59 Å². The zero-order valence-electron chi connectivity index (χ0n) is 10.9. The van der Waals surface area contributed by atoms with Crippen molar-refractivity contribution in [3.63, 3.8) is 0 Å². The van der Waals surface area contributed by atoms with Gasteiger partial charge in [-0.1, -0.05) is 6.92 Å². The third-order valence-corrected chi connectivity index (χ3v) is 3.19. The number of nitrogens with one attached hydrogen (secondary N) is 2. The number of likely N-dealkylation sites (N-methyl/N-ethyl adjacent to an activating group) is 1. The number of carbonyl (C=O) groups excluding carboxylic acids is 2. The highest BCUT2D eigenvalue weighted by Gasteiger charge is 2.49. The summed E-state index contributed by atoms with van der Waals surface area (Å²) in [5, 5.41) is 5.52. The van der Waals surface area contributed by atoms with Gasteiger partial charge in [-0.3, -0.25) is 15.1 Å². The molecule has 2 aliphatic heterocycles. The molecule has 3 amide bonds. The van der Waals surface area contributed by atoms with Crippen molar-refractivity contribution in [2.24, 2.45) is 4.99 Å². The highest BCUT2D eigenvalue weighted by atomic mass is 16.2. The molecule has 2 fully saturated rings. The molecule has 100 valence electrons. The van der Waals surface area contributed by atoms with Gasteiger partial charge in [-0.15, -0.1) is 0 Å². The smallest absolute Gasteiger partial charge is 0.325 e. The molecule has 0 aromatic heterocycles. The Morgan fingerprint density at radius 3 is 2.67 bits per heavy atom. The lowest BCUT2D eigenvalue weighted by molar-refractivity contribution is -0.127. The molecular formula is C11H19N5O2. The maximum absolute atomic E-state index is 12.0. The fraction of sp³-hybridized carbons (Fsp3) is 0.727. The van der Waals surface area contributed by atoms with Crippen molar-refractivity contribution in [2.45, 2.75) is 32.5 Å². The minimum atomic E-state index is -0.391. The van der Waals surface area contributed by atoms with Crippen molar-refractivity contribution in [2.75, 3.05) is 20.1 Å². The first-order chi connectivity index (χ1) is 8.60. The largest absolute Gasteiger partial charge is 0.334 e. The topological polar surface area (TPSA) is 77.0 Å². The number of hydrogen-bond donors (Lipinski definition) is 2. The average Bonchev–Trinajstić information content (AvgIpc) is 2.67. The van der Waals surface area contributed by atoms with Crippen molar-refractivity contribution in [1.29, 1.82) is 0 Å². The van der Waals surface area contributed by atoms with E-state index >= 15 is 0 Å². The first kappa shape index (κ1) is 12.7. The van der Waals surface area contributed by atoms with Gasteiger partial charge in [-0.2, -0.15) is 0 Å². The highest BCUT2D eigenvalue weighted by Crippen LogP contribution is 2.20. The molecule has 2 heterocycles. The lowest BCUT2D eigenvalue weighted by Crippen LogP contribution is -2.64. The van der Waals surface area contributed by atoms with Crippen LogP contribution >= 0.6 is 0 Å². The molecule has 0 aromatic carbocycles. The van der Waals surface area contributed by atoms with E-state index in [1.54, 1.807) is 7.05 Å². The normalized spacial score (nSPS) is 29.4. The summed E-state index contributed by atoms with van der Waals surface area (Å²) in [6.07, 6.45) is 0.585. The number of fused-ring (bicyclic) bond motifs is 1. The number of amides is 3. The van der Waals surface area contributed by atoms with Crippen molar-refractivity contribution >= 4 is 17.9 Å². The Morgan fingerprint density at radius 2 is 2.06 bits per heavy atom. The maximum Gasteiger partial charge on any atom is 0.325 e. The summed E-state index contributed by atoms with van der Waals surface area (Å²) < 4.78 is 0. The number of rotatable bonds is 3. The van der Waals surface area contributed by atoms with Crippen molar-refractivity contribution in [3.05, 3.63) is 0 Å². The van der Waals surface area contributed by atoms with E-state index in [0.717, 1.165) is 13.0 Å². The molecule has 0 radical (unpaired) electrons. The zero-order chi connectivity index (χ0) is 13.3. The lowest BCUT2D eigenvalue weighted by Gasteiger charge is -2.35. The van der Waals surface area contributed by atoms with Crippen LogP contribution in [-0.4, -0.2) is 60.0 Å². The first-order valence-electron chi connectivity index (χ1n) is 6.25. The van der Waals surface area contributed by atoms with E-state index in [9.17, 15) is 9.59 Å². The Bertz CT molecular complexity index is 395. The molecular weight excluding hydrogens is 234 g/mol. The predicted octanol–water partition coefficient (Wildman–Crippen LogP) is -0.446. The van der Waals surface area contributed by atoms with Crippen LogP contribution in [0.5, 0.6) is 0 Å². The quantitative estimate of drug-likeness (QED) is 0.714. The van der Waals surface area contributed by atoms with Crippen LogP contribution in [-0.2, 0) is 4.79 Å². The number of imide groups is 1. The van der Waals surface area contributed by atoms with Gasteiger partial charge in [-0.25, -0.2) is 4.79 Å². The second-order valence-corrected chi connectivity index (χ2v) is 4.43. The molecule has 0 saturated carbocycles. The van der Waals surface area contributed by atoms with Crippen LogP contribution in [0.15, 0.2) is 4.99 Å². The van der Waals surface area contributed by atoms with Gasteiger partial charge in [0.15, 0.2) is 12.0 Å². The Hall–Kier alpha value is -1.79. The number of hydrogen-bond acceptors (Lipinski definition) is 3. The summed E-state index contributed by atoms with van der Waals surface area (Å²) in [7, 11) is 1.67. The van der Waals surface area contributed by atoms with E-state index in [1.165, 1.54) is 4.90 Å². The maximum atomic E-state index is 12.0. The zero-order valence-corrected chi connectivity index (χ0v) is 10.9. The van der Waals surface area contributed by atoms with E-state index in [-0.39, 0.29) is 18.1 Å². The summed E-state index contributed by atoms with van der Waals surface area (Å²) in [6.45, 7) is 5.37. The number of aliphatic imine (C=N–C) groups is 1.